The van der Waals surface area contributed by atoms with Crippen molar-refractivity contribution in [3.63, 3.8) is 0 Å². The van der Waals surface area contributed by atoms with Crippen LogP contribution in [0.1, 0.15) is 37.0 Å². The molecule has 288 valence electrons. The Kier molecular flexibility index (Phi) is 6.80. The van der Waals surface area contributed by atoms with Crippen LogP contribution < -0.4 is 19.6 Å². The highest BCUT2D eigenvalue weighted by Crippen LogP contribution is 2.80. The summed E-state index contributed by atoms with van der Waals surface area (Å²) in [5.74, 6) is 2.95. The summed E-state index contributed by atoms with van der Waals surface area (Å²) in [5.41, 5.74) is 7.48. The number of anilines is 8. The maximum atomic E-state index is 14.6. The standard InChI is InChI=1S/C48H35F3N8/c1-46-36-19-11-12-20-37(36)59-44-42(53-24-26-55-44)57(31-15-7-4-8-16-31)45(59)47(46,2)40(46)34-28-39-56(30-13-5-3-6-14-30)41-43(54-25-23-52-41)58(39)38-27-29(21-22-33(34)38)32-17-9-10-18-35(32)48(49,50)51/h3-27,39,45H,28H2,1-2H3/b40-34-. The summed E-state index contributed by atoms with van der Waals surface area (Å²) >= 11 is 0. The van der Waals surface area contributed by atoms with E-state index in [1.165, 1.54) is 17.2 Å². The smallest absolute Gasteiger partial charge is 0.302 e. The molecule has 0 amide bonds. The first-order valence-corrected chi connectivity index (χ1v) is 19.7. The van der Waals surface area contributed by atoms with Gasteiger partial charge in [0.1, 0.15) is 12.3 Å². The van der Waals surface area contributed by atoms with Crippen LogP contribution in [0.3, 0.4) is 0 Å². The molecule has 1 fully saturated rings. The molecular weight excluding hydrogens is 746 g/mol. The maximum absolute atomic E-state index is 14.6. The van der Waals surface area contributed by atoms with Crippen LogP contribution in [0.4, 0.5) is 59.2 Å². The molecule has 4 unspecified atom stereocenters. The molecule has 59 heavy (non-hydrogen) atoms. The molecule has 6 heterocycles. The summed E-state index contributed by atoms with van der Waals surface area (Å²) in [7, 11) is 0. The molecule has 4 atom stereocenters. The van der Waals surface area contributed by atoms with Gasteiger partial charge in [0.2, 0.25) is 0 Å². The van der Waals surface area contributed by atoms with E-state index in [-0.39, 0.29) is 17.9 Å². The molecule has 0 saturated heterocycles. The van der Waals surface area contributed by atoms with Gasteiger partial charge in [0.15, 0.2) is 23.3 Å². The number of fused-ring (bicyclic) bond motifs is 13. The molecule has 11 heteroatoms. The lowest BCUT2D eigenvalue weighted by molar-refractivity contribution is -0.137. The molecule has 0 bridgehead atoms. The van der Waals surface area contributed by atoms with Crippen molar-refractivity contribution in [2.75, 3.05) is 19.6 Å². The van der Waals surface area contributed by atoms with Gasteiger partial charge in [0.05, 0.1) is 11.3 Å². The van der Waals surface area contributed by atoms with Crippen LogP contribution in [0.2, 0.25) is 0 Å². The summed E-state index contributed by atoms with van der Waals surface area (Å²) in [4.78, 5) is 28.8. The third-order valence-corrected chi connectivity index (χ3v) is 13.4. The molecule has 0 spiro atoms. The fourth-order valence-corrected chi connectivity index (χ4v) is 10.9. The Morgan fingerprint density at radius 1 is 0.559 bits per heavy atom. The fourth-order valence-electron chi connectivity index (χ4n) is 10.9. The quantitative estimate of drug-likeness (QED) is 0.176. The Hall–Kier alpha value is -7.01. The highest BCUT2D eigenvalue weighted by Gasteiger charge is 2.78. The van der Waals surface area contributed by atoms with Gasteiger partial charge in [-0.2, -0.15) is 13.2 Å². The van der Waals surface area contributed by atoms with Crippen LogP contribution in [0, 0.1) is 5.41 Å². The molecule has 5 aromatic carbocycles. The first-order chi connectivity index (χ1) is 28.7. The van der Waals surface area contributed by atoms with Crippen LogP contribution in [0.15, 0.2) is 158 Å². The van der Waals surface area contributed by atoms with Crippen molar-refractivity contribution < 1.29 is 13.2 Å². The average Bonchev–Trinajstić information content (AvgIpc) is 3.48. The first-order valence-electron chi connectivity index (χ1n) is 19.7. The number of benzene rings is 5. The minimum absolute atomic E-state index is 0.128. The summed E-state index contributed by atoms with van der Waals surface area (Å²) in [6, 6.07) is 40.8. The first kappa shape index (κ1) is 34.1. The van der Waals surface area contributed by atoms with E-state index >= 15 is 0 Å². The molecular formula is C48H35F3N8. The zero-order valence-corrected chi connectivity index (χ0v) is 32.0. The van der Waals surface area contributed by atoms with Gasteiger partial charge in [0, 0.05) is 64.7 Å². The zero-order chi connectivity index (χ0) is 39.8. The second-order valence-electron chi connectivity index (χ2n) is 16.1. The van der Waals surface area contributed by atoms with Crippen molar-refractivity contribution in [1.29, 1.82) is 0 Å². The summed E-state index contributed by atoms with van der Waals surface area (Å²) in [6.45, 7) is 4.73. The summed E-state index contributed by atoms with van der Waals surface area (Å²) in [6.07, 6.45) is 2.43. The van der Waals surface area contributed by atoms with E-state index in [0.717, 1.165) is 51.6 Å². The van der Waals surface area contributed by atoms with Crippen molar-refractivity contribution in [2.45, 2.75) is 44.2 Å². The Morgan fingerprint density at radius 3 is 1.80 bits per heavy atom. The van der Waals surface area contributed by atoms with E-state index in [9.17, 15) is 13.2 Å². The average molecular weight is 781 g/mol. The second kappa shape index (κ2) is 11.8. The number of nitrogens with zero attached hydrogens (tertiary/aromatic N) is 8. The number of halogens is 3. The van der Waals surface area contributed by atoms with E-state index in [1.807, 2.05) is 42.5 Å². The lowest BCUT2D eigenvalue weighted by Gasteiger charge is -2.43. The highest BCUT2D eigenvalue weighted by molar-refractivity contribution is 5.99. The van der Waals surface area contributed by atoms with Crippen molar-refractivity contribution in [3.05, 3.63) is 174 Å². The maximum Gasteiger partial charge on any atom is 0.417 e. The van der Waals surface area contributed by atoms with Crippen LogP contribution in [-0.2, 0) is 11.6 Å². The minimum atomic E-state index is -4.53. The summed E-state index contributed by atoms with van der Waals surface area (Å²) in [5, 5.41) is 0. The third-order valence-electron chi connectivity index (χ3n) is 13.4. The number of alkyl halides is 3. The largest absolute Gasteiger partial charge is 0.417 e. The predicted molar refractivity (Wildman–Crippen MR) is 223 cm³/mol. The molecule has 1 saturated carbocycles. The van der Waals surface area contributed by atoms with Crippen molar-refractivity contribution in [3.8, 4) is 11.1 Å². The Morgan fingerprint density at radius 2 is 1.12 bits per heavy atom. The van der Waals surface area contributed by atoms with Gasteiger partial charge in [0.25, 0.3) is 0 Å². The van der Waals surface area contributed by atoms with Crippen LogP contribution in [-0.4, -0.2) is 32.3 Å². The van der Waals surface area contributed by atoms with Crippen LogP contribution in [0.25, 0.3) is 16.7 Å². The predicted octanol–water partition coefficient (Wildman–Crippen LogP) is 11.3. The second-order valence-corrected chi connectivity index (χ2v) is 16.1. The van der Waals surface area contributed by atoms with E-state index in [2.05, 4.69) is 94.1 Å². The van der Waals surface area contributed by atoms with E-state index in [0.29, 0.717) is 23.6 Å². The van der Waals surface area contributed by atoms with E-state index in [1.54, 1.807) is 36.9 Å². The normalized spacial score (nSPS) is 24.4. The van der Waals surface area contributed by atoms with Gasteiger partial charge in [-0.05, 0) is 70.3 Å². The lowest BCUT2D eigenvalue weighted by Crippen LogP contribution is -2.50. The van der Waals surface area contributed by atoms with Gasteiger partial charge in [-0.1, -0.05) is 98.8 Å². The molecule has 2 aromatic heterocycles. The van der Waals surface area contributed by atoms with Gasteiger partial charge < -0.3 is 19.6 Å². The monoisotopic (exact) mass is 780 g/mol. The molecule has 8 nitrogen and oxygen atoms in total. The van der Waals surface area contributed by atoms with Gasteiger partial charge in [-0.15, -0.1) is 0 Å². The number of para-hydroxylation sites is 3. The van der Waals surface area contributed by atoms with Crippen molar-refractivity contribution in [1.82, 2.24) is 19.9 Å². The SMILES string of the molecule is CC12/C(=C3\CC4N(c5ccccc5)c5nccnc5N4c4cc(-c5ccccc5C(F)(F)F)ccc43)C1(C)C1N(c3ccccc3)c3nccnc3N1c1ccccc12. The van der Waals surface area contributed by atoms with Gasteiger partial charge in [-0.25, -0.2) is 19.9 Å². The zero-order valence-electron chi connectivity index (χ0n) is 32.0. The number of hydrogen-bond donors (Lipinski definition) is 0. The third kappa shape index (κ3) is 4.39. The minimum Gasteiger partial charge on any atom is -0.302 e. The van der Waals surface area contributed by atoms with Gasteiger partial charge in [-0.3, -0.25) is 0 Å². The van der Waals surface area contributed by atoms with E-state index < -0.39 is 22.6 Å². The van der Waals surface area contributed by atoms with E-state index in [4.69, 9.17) is 19.9 Å². The van der Waals surface area contributed by atoms with Gasteiger partial charge >= 0.3 is 6.18 Å². The number of hydrogen-bond acceptors (Lipinski definition) is 8. The lowest BCUT2D eigenvalue weighted by atomic mass is 9.81. The summed E-state index contributed by atoms with van der Waals surface area (Å²) < 4.78 is 43.7. The van der Waals surface area contributed by atoms with Crippen LogP contribution >= 0.6 is 0 Å². The molecule has 0 N–H and O–H groups in total. The molecule has 4 aliphatic heterocycles. The molecule has 7 aromatic rings. The molecule has 12 rings (SSSR count). The van der Waals surface area contributed by atoms with Crippen LogP contribution in [0.5, 0.6) is 0 Å². The molecule has 1 aliphatic carbocycles. The molecule has 5 aliphatic rings. The van der Waals surface area contributed by atoms with Crippen molar-refractivity contribution in [2.24, 2.45) is 5.41 Å². The topological polar surface area (TPSA) is 64.5 Å². The fraction of sp³-hybridized carbons (Fsp3) is 0.167. The van der Waals surface area contributed by atoms with Crippen molar-refractivity contribution >= 4 is 51.6 Å². The highest BCUT2D eigenvalue weighted by atomic mass is 19.4. The number of aromatic nitrogens is 4. The Balaban J connectivity index is 1.14. The number of rotatable bonds is 3. The Bertz CT molecular complexity index is 2900. The molecule has 0 radical (unpaired) electrons. The Labute approximate surface area is 338 Å².